The maximum atomic E-state index is 12.2. The van der Waals surface area contributed by atoms with Crippen molar-refractivity contribution >= 4 is 39.9 Å². The molecule has 0 N–H and O–H groups in total. The van der Waals surface area contributed by atoms with Crippen LogP contribution in [-0.4, -0.2) is 21.6 Å². The van der Waals surface area contributed by atoms with Crippen molar-refractivity contribution in [3.63, 3.8) is 0 Å². The van der Waals surface area contributed by atoms with Gasteiger partial charge in [0.05, 0.1) is 23.0 Å². The Labute approximate surface area is 140 Å². The molecule has 0 aromatic heterocycles. The fourth-order valence-electron chi connectivity index (χ4n) is 1.60. The summed E-state index contributed by atoms with van der Waals surface area (Å²) in [5.74, 6) is 0. The molecule has 2 rings (SSSR count). The minimum Gasteiger partial charge on any atom is -0.284 e. The largest absolute Gasteiger partial charge is 0.284 e. The zero-order valence-electron chi connectivity index (χ0n) is 11.5. The molecule has 0 heterocycles. The van der Waals surface area contributed by atoms with Gasteiger partial charge in [-0.25, -0.2) is 8.42 Å². The summed E-state index contributed by atoms with van der Waals surface area (Å²) in [4.78, 5) is 0.847. The minimum absolute atomic E-state index is 0.0578. The van der Waals surface area contributed by atoms with Crippen LogP contribution in [0.25, 0.3) is 0 Å². The Morgan fingerprint density at radius 1 is 0.682 bits per heavy atom. The zero-order valence-corrected chi connectivity index (χ0v) is 14.7. The van der Waals surface area contributed by atoms with E-state index in [2.05, 4.69) is 0 Å². The van der Waals surface area contributed by atoms with E-state index in [4.69, 9.17) is 30.7 Å². The second-order valence-corrected chi connectivity index (χ2v) is 10.0. The molecule has 0 aliphatic carbocycles. The third kappa shape index (κ3) is 4.80. The standard InChI is InChI=1S/C14H14O4S4/c15-21(19,13-7-3-1-4-8-13)17-11-12-18-22(16,20)14-9-5-2-6-10-14/h1-10H,11-12H2. The summed E-state index contributed by atoms with van der Waals surface area (Å²) in [6, 6.07) is 17.0. The predicted octanol–water partition coefficient (Wildman–Crippen LogP) is 2.46. The van der Waals surface area contributed by atoms with Crippen molar-refractivity contribution in [2.45, 2.75) is 9.79 Å². The summed E-state index contributed by atoms with van der Waals surface area (Å²) in [6.07, 6.45) is 0. The fourth-order valence-corrected chi connectivity index (χ4v) is 4.50. The number of hydrogen-bond acceptors (Lipinski definition) is 6. The third-order valence-corrected chi connectivity index (χ3v) is 7.01. The number of hydrogen-bond donors (Lipinski definition) is 0. The Balaban J connectivity index is 1.90. The van der Waals surface area contributed by atoms with Gasteiger partial charge in [-0.1, -0.05) is 36.4 Å². The predicted molar refractivity (Wildman–Crippen MR) is 92.3 cm³/mol. The lowest BCUT2D eigenvalue weighted by Gasteiger charge is -2.10. The van der Waals surface area contributed by atoms with Gasteiger partial charge in [0.2, 0.25) is 0 Å². The van der Waals surface area contributed by atoms with Crippen molar-refractivity contribution < 1.29 is 16.8 Å². The fraction of sp³-hybridized carbons (Fsp3) is 0.143. The van der Waals surface area contributed by atoms with E-state index in [1.165, 1.54) is 0 Å². The molecule has 2 aromatic carbocycles. The van der Waals surface area contributed by atoms with Crippen molar-refractivity contribution in [3.8, 4) is 0 Å². The monoisotopic (exact) mass is 374 g/mol. The highest BCUT2D eigenvalue weighted by Crippen LogP contribution is 2.14. The van der Waals surface area contributed by atoms with Gasteiger partial charge in [0.1, 0.15) is 0 Å². The van der Waals surface area contributed by atoms with Crippen molar-refractivity contribution in [1.82, 2.24) is 0 Å². The Morgan fingerprint density at radius 2 is 1.00 bits per heavy atom. The highest BCUT2D eigenvalue weighted by atomic mass is 32.8. The van der Waals surface area contributed by atoms with Gasteiger partial charge in [0.25, 0.3) is 0 Å². The summed E-state index contributed by atoms with van der Waals surface area (Å²) in [6.45, 7) is -0.116. The molecule has 0 spiro atoms. The van der Waals surface area contributed by atoms with Crippen molar-refractivity contribution in [2.75, 3.05) is 13.2 Å². The molecule has 0 aliphatic heterocycles. The van der Waals surface area contributed by atoms with Gasteiger partial charge in [0.15, 0.2) is 17.5 Å². The SMILES string of the molecule is O=S(=S)(OCCOS(=O)(=S)c1ccccc1)c1ccccc1. The Morgan fingerprint density at radius 3 is 1.32 bits per heavy atom. The zero-order chi connectivity index (χ0) is 16.1. The van der Waals surface area contributed by atoms with Crippen LogP contribution in [0.1, 0.15) is 0 Å². The molecule has 8 heteroatoms. The van der Waals surface area contributed by atoms with Gasteiger partial charge in [-0.05, 0) is 24.3 Å². The van der Waals surface area contributed by atoms with Crippen LogP contribution < -0.4 is 0 Å². The molecule has 2 aromatic rings. The minimum atomic E-state index is -3.02. The molecular weight excluding hydrogens is 360 g/mol. The van der Waals surface area contributed by atoms with Crippen LogP contribution in [0.2, 0.25) is 0 Å². The van der Waals surface area contributed by atoms with E-state index >= 15 is 0 Å². The van der Waals surface area contributed by atoms with Crippen LogP contribution in [0.3, 0.4) is 0 Å². The second-order valence-electron chi connectivity index (χ2n) is 4.18. The maximum Gasteiger partial charge on any atom is 0.173 e. The van der Waals surface area contributed by atoms with Gasteiger partial charge in [-0.15, -0.1) is 0 Å². The third-order valence-electron chi connectivity index (χ3n) is 2.62. The Bertz CT molecular complexity index is 729. The summed E-state index contributed by atoms with van der Waals surface area (Å²) in [5.41, 5.74) is 0. The molecule has 4 nitrogen and oxygen atoms in total. The van der Waals surface area contributed by atoms with E-state index < -0.39 is 17.5 Å². The van der Waals surface area contributed by atoms with Crippen LogP contribution in [0.15, 0.2) is 70.5 Å². The lowest BCUT2D eigenvalue weighted by atomic mass is 10.4. The Kier molecular flexibility index (Phi) is 6.01. The van der Waals surface area contributed by atoms with E-state index in [-0.39, 0.29) is 13.2 Å². The lowest BCUT2D eigenvalue weighted by molar-refractivity contribution is 0.244. The molecule has 22 heavy (non-hydrogen) atoms. The quantitative estimate of drug-likeness (QED) is 0.694. The molecule has 0 amide bonds. The summed E-state index contributed by atoms with van der Waals surface area (Å²) >= 11 is 9.93. The Hall–Kier alpha value is -0.900. The first-order valence-corrected chi connectivity index (χ1v) is 11.1. The molecule has 0 saturated carbocycles. The van der Waals surface area contributed by atoms with Crippen LogP contribution in [0.4, 0.5) is 0 Å². The summed E-state index contributed by atoms with van der Waals surface area (Å²) < 4.78 is 34.8. The first kappa shape index (κ1) is 17.5. The highest BCUT2D eigenvalue weighted by molar-refractivity contribution is 8.30. The van der Waals surface area contributed by atoms with Crippen LogP contribution in [-0.2, 0) is 48.3 Å². The summed E-state index contributed by atoms with van der Waals surface area (Å²) in [5, 5.41) is 0. The van der Waals surface area contributed by atoms with E-state index in [9.17, 15) is 8.42 Å². The number of benzene rings is 2. The van der Waals surface area contributed by atoms with Crippen LogP contribution in [0.5, 0.6) is 0 Å². The maximum absolute atomic E-state index is 12.2. The van der Waals surface area contributed by atoms with Gasteiger partial charge in [-0.2, -0.15) is 0 Å². The second kappa shape index (κ2) is 7.58. The average Bonchev–Trinajstić information content (AvgIpc) is 2.53. The summed E-state index contributed by atoms with van der Waals surface area (Å²) in [7, 11) is -6.03. The molecular formula is C14H14O4S4. The van der Waals surface area contributed by atoms with E-state index in [0.717, 1.165) is 0 Å². The molecule has 0 radical (unpaired) electrons. The van der Waals surface area contributed by atoms with Crippen LogP contribution in [0, 0.1) is 0 Å². The van der Waals surface area contributed by atoms with Crippen LogP contribution >= 0.6 is 0 Å². The van der Waals surface area contributed by atoms with Crippen molar-refractivity contribution in [2.24, 2.45) is 0 Å². The molecule has 0 saturated heterocycles. The topological polar surface area (TPSA) is 52.6 Å². The van der Waals surface area contributed by atoms with E-state index in [1.54, 1.807) is 60.7 Å². The van der Waals surface area contributed by atoms with Gasteiger partial charge in [0, 0.05) is 22.4 Å². The van der Waals surface area contributed by atoms with E-state index in [0.29, 0.717) is 9.79 Å². The first-order valence-electron chi connectivity index (χ1n) is 6.31. The molecule has 0 bridgehead atoms. The van der Waals surface area contributed by atoms with Crippen molar-refractivity contribution in [3.05, 3.63) is 60.7 Å². The first-order chi connectivity index (χ1) is 10.4. The van der Waals surface area contributed by atoms with Gasteiger partial charge >= 0.3 is 0 Å². The molecule has 2 unspecified atom stereocenters. The molecule has 0 aliphatic rings. The molecule has 0 fully saturated rings. The van der Waals surface area contributed by atoms with Crippen molar-refractivity contribution in [1.29, 1.82) is 0 Å². The highest BCUT2D eigenvalue weighted by Gasteiger charge is 2.13. The molecule has 2 atom stereocenters. The number of rotatable bonds is 7. The van der Waals surface area contributed by atoms with Gasteiger partial charge < -0.3 is 0 Å². The molecule has 118 valence electrons. The van der Waals surface area contributed by atoms with E-state index in [1.807, 2.05) is 0 Å². The smallest absolute Gasteiger partial charge is 0.173 e. The normalized spacial score (nSPS) is 16.5. The average molecular weight is 375 g/mol. The lowest BCUT2D eigenvalue weighted by Crippen LogP contribution is -2.13. The van der Waals surface area contributed by atoms with Gasteiger partial charge in [-0.3, -0.25) is 8.37 Å².